The lowest BCUT2D eigenvalue weighted by atomic mass is 10.2. The molecular weight excluding hydrogens is 168 g/mol. The average Bonchev–Trinajstić information content (AvgIpc) is 2.71. The van der Waals surface area contributed by atoms with E-state index in [-0.39, 0.29) is 5.75 Å². The Hall–Kier alpha value is -1.03. The quantitative estimate of drug-likeness (QED) is 0.763. The van der Waals surface area contributed by atoms with Crippen LogP contribution in [-0.4, -0.2) is 27.6 Å². The maximum atomic E-state index is 9.03. The van der Waals surface area contributed by atoms with Crippen molar-refractivity contribution in [2.24, 2.45) is 0 Å². The van der Waals surface area contributed by atoms with Crippen LogP contribution < -0.4 is 0 Å². The molecule has 1 saturated heterocycles. The third-order valence-electron chi connectivity index (χ3n) is 2.32. The third-order valence-corrected chi connectivity index (χ3v) is 2.32. The zero-order chi connectivity index (χ0) is 9.10. The molecule has 1 atom stereocenters. The lowest BCUT2D eigenvalue weighted by Crippen LogP contribution is -2.10. The maximum absolute atomic E-state index is 9.03. The molecule has 13 heavy (non-hydrogen) atoms. The van der Waals surface area contributed by atoms with Crippen LogP contribution in [0.15, 0.2) is 12.4 Å². The van der Waals surface area contributed by atoms with Crippen molar-refractivity contribution in [3.63, 3.8) is 0 Å². The topological polar surface area (TPSA) is 47.3 Å². The molecule has 0 bridgehead atoms. The summed E-state index contributed by atoms with van der Waals surface area (Å²) in [5.41, 5.74) is 0. The fourth-order valence-corrected chi connectivity index (χ4v) is 1.62. The first-order valence-electron chi connectivity index (χ1n) is 4.67. The number of nitrogens with zero attached hydrogens (tertiary/aromatic N) is 2. The lowest BCUT2D eigenvalue weighted by Gasteiger charge is -2.08. The van der Waals surface area contributed by atoms with Crippen molar-refractivity contribution in [3.05, 3.63) is 12.4 Å². The van der Waals surface area contributed by atoms with Crippen molar-refractivity contribution in [3.8, 4) is 5.75 Å². The molecule has 2 rings (SSSR count). The fourth-order valence-electron chi connectivity index (χ4n) is 1.62. The zero-order valence-corrected chi connectivity index (χ0v) is 7.52. The number of aryl methyl sites for hydroxylation is 1. The molecule has 1 aromatic heterocycles. The molecule has 1 aliphatic heterocycles. The van der Waals surface area contributed by atoms with E-state index in [0.29, 0.717) is 6.10 Å². The van der Waals surface area contributed by atoms with Crippen molar-refractivity contribution < 1.29 is 9.84 Å². The fraction of sp³-hybridized carbons (Fsp3) is 0.667. The van der Waals surface area contributed by atoms with Crippen molar-refractivity contribution in [2.45, 2.75) is 31.9 Å². The number of ether oxygens (including phenoxy) is 1. The lowest BCUT2D eigenvalue weighted by molar-refractivity contribution is 0.0994. The Morgan fingerprint density at radius 3 is 3.23 bits per heavy atom. The van der Waals surface area contributed by atoms with E-state index in [1.165, 1.54) is 12.6 Å². The summed E-state index contributed by atoms with van der Waals surface area (Å²) in [5, 5.41) is 13.0. The standard InChI is InChI=1S/C9H14N2O2/c12-8-6-10-11(7-8)4-3-9-2-1-5-13-9/h6-7,9,12H,1-5H2. The minimum atomic E-state index is 0.229. The summed E-state index contributed by atoms with van der Waals surface area (Å²) in [4.78, 5) is 0. The summed E-state index contributed by atoms with van der Waals surface area (Å²) in [6.45, 7) is 1.72. The highest BCUT2D eigenvalue weighted by molar-refractivity contribution is 5.08. The molecule has 0 spiro atoms. The average molecular weight is 182 g/mol. The first-order valence-corrected chi connectivity index (χ1v) is 4.67. The van der Waals surface area contributed by atoms with Crippen LogP contribution >= 0.6 is 0 Å². The summed E-state index contributed by atoms with van der Waals surface area (Å²) < 4.78 is 7.22. The van der Waals surface area contributed by atoms with Crippen molar-refractivity contribution >= 4 is 0 Å². The van der Waals surface area contributed by atoms with Gasteiger partial charge >= 0.3 is 0 Å². The van der Waals surface area contributed by atoms with E-state index in [1.807, 2.05) is 0 Å². The molecule has 2 heterocycles. The van der Waals surface area contributed by atoms with Crippen LogP contribution in [0.4, 0.5) is 0 Å². The summed E-state index contributed by atoms with van der Waals surface area (Å²) >= 11 is 0. The van der Waals surface area contributed by atoms with E-state index < -0.39 is 0 Å². The summed E-state index contributed by atoms with van der Waals surface area (Å²) in [5.74, 6) is 0.229. The molecule has 0 aromatic carbocycles. The largest absolute Gasteiger partial charge is 0.505 e. The highest BCUT2D eigenvalue weighted by atomic mass is 16.5. The molecule has 1 aromatic rings. The Bertz CT molecular complexity index is 266. The maximum Gasteiger partial charge on any atom is 0.153 e. The van der Waals surface area contributed by atoms with Gasteiger partial charge in [-0.05, 0) is 19.3 Å². The van der Waals surface area contributed by atoms with E-state index in [2.05, 4.69) is 5.10 Å². The van der Waals surface area contributed by atoms with Gasteiger partial charge in [-0.2, -0.15) is 5.10 Å². The number of rotatable bonds is 3. The van der Waals surface area contributed by atoms with Crippen LogP contribution in [0.5, 0.6) is 5.75 Å². The van der Waals surface area contributed by atoms with E-state index >= 15 is 0 Å². The van der Waals surface area contributed by atoms with Crippen LogP contribution in [0.2, 0.25) is 0 Å². The van der Waals surface area contributed by atoms with Crippen LogP contribution in [0.25, 0.3) is 0 Å². The molecule has 0 aliphatic carbocycles. The molecule has 0 radical (unpaired) electrons. The Labute approximate surface area is 77.1 Å². The first kappa shape index (κ1) is 8.56. The predicted molar refractivity (Wildman–Crippen MR) is 47.5 cm³/mol. The minimum absolute atomic E-state index is 0.229. The molecule has 1 N–H and O–H groups in total. The number of hydrogen-bond acceptors (Lipinski definition) is 3. The summed E-state index contributed by atoms with van der Waals surface area (Å²) in [6, 6.07) is 0. The monoisotopic (exact) mass is 182 g/mol. The molecule has 1 unspecified atom stereocenters. The van der Waals surface area contributed by atoms with Gasteiger partial charge in [-0.25, -0.2) is 0 Å². The third kappa shape index (κ3) is 2.21. The van der Waals surface area contributed by atoms with E-state index in [0.717, 1.165) is 26.0 Å². The molecule has 4 nitrogen and oxygen atoms in total. The van der Waals surface area contributed by atoms with Gasteiger partial charge in [-0.3, -0.25) is 4.68 Å². The second kappa shape index (κ2) is 3.79. The normalized spacial score (nSPS) is 22.3. The Kier molecular flexibility index (Phi) is 2.49. The van der Waals surface area contributed by atoms with Crippen LogP contribution in [0.1, 0.15) is 19.3 Å². The summed E-state index contributed by atoms with van der Waals surface area (Å²) in [6.07, 6.45) is 6.81. The van der Waals surface area contributed by atoms with Gasteiger partial charge in [0.05, 0.1) is 18.5 Å². The minimum Gasteiger partial charge on any atom is -0.505 e. The van der Waals surface area contributed by atoms with Gasteiger partial charge < -0.3 is 9.84 Å². The van der Waals surface area contributed by atoms with Crippen molar-refractivity contribution in [1.82, 2.24) is 9.78 Å². The second-order valence-electron chi connectivity index (χ2n) is 3.39. The Morgan fingerprint density at radius 1 is 1.69 bits per heavy atom. The van der Waals surface area contributed by atoms with Gasteiger partial charge in [0.15, 0.2) is 5.75 Å². The smallest absolute Gasteiger partial charge is 0.153 e. The highest BCUT2D eigenvalue weighted by Gasteiger charge is 2.14. The molecule has 0 amide bonds. The van der Waals surface area contributed by atoms with Gasteiger partial charge in [0, 0.05) is 13.2 Å². The van der Waals surface area contributed by atoms with E-state index in [1.54, 1.807) is 10.9 Å². The van der Waals surface area contributed by atoms with E-state index in [4.69, 9.17) is 9.84 Å². The van der Waals surface area contributed by atoms with E-state index in [9.17, 15) is 0 Å². The van der Waals surface area contributed by atoms with Gasteiger partial charge in [-0.1, -0.05) is 0 Å². The highest BCUT2D eigenvalue weighted by Crippen LogP contribution is 2.16. The number of aromatic hydroxyl groups is 1. The molecule has 72 valence electrons. The Morgan fingerprint density at radius 2 is 2.62 bits per heavy atom. The van der Waals surface area contributed by atoms with Gasteiger partial charge in [0.25, 0.3) is 0 Å². The number of hydrogen-bond donors (Lipinski definition) is 1. The molecular formula is C9H14N2O2. The molecule has 1 fully saturated rings. The Balaban J connectivity index is 1.78. The second-order valence-corrected chi connectivity index (χ2v) is 3.39. The van der Waals surface area contributed by atoms with Gasteiger partial charge in [0.1, 0.15) is 0 Å². The van der Waals surface area contributed by atoms with Crippen molar-refractivity contribution in [1.29, 1.82) is 0 Å². The predicted octanol–water partition coefficient (Wildman–Crippen LogP) is 1.16. The SMILES string of the molecule is Oc1cnn(CCC2CCCO2)c1. The van der Waals surface area contributed by atoms with Crippen molar-refractivity contribution in [2.75, 3.05) is 6.61 Å². The number of aromatic nitrogens is 2. The molecule has 0 saturated carbocycles. The first-order chi connectivity index (χ1) is 6.34. The summed E-state index contributed by atoms with van der Waals surface area (Å²) in [7, 11) is 0. The molecule has 4 heteroatoms. The molecule has 1 aliphatic rings. The van der Waals surface area contributed by atoms with Crippen LogP contribution in [-0.2, 0) is 11.3 Å². The van der Waals surface area contributed by atoms with Crippen LogP contribution in [0, 0.1) is 0 Å². The zero-order valence-electron chi connectivity index (χ0n) is 7.52. The van der Waals surface area contributed by atoms with Gasteiger partial charge in [0.2, 0.25) is 0 Å². The van der Waals surface area contributed by atoms with Crippen LogP contribution in [0.3, 0.4) is 0 Å². The van der Waals surface area contributed by atoms with Gasteiger partial charge in [-0.15, -0.1) is 0 Å².